The topological polar surface area (TPSA) is 96.9 Å². The summed E-state index contributed by atoms with van der Waals surface area (Å²) < 4.78 is 5.35. The van der Waals surface area contributed by atoms with E-state index in [1.54, 1.807) is 72.8 Å². The molecule has 0 saturated heterocycles. The zero-order valence-corrected chi connectivity index (χ0v) is 18.8. The molecule has 0 atom stereocenters. The lowest BCUT2D eigenvalue weighted by Crippen LogP contribution is -2.29. The van der Waals surface area contributed by atoms with Crippen molar-refractivity contribution in [2.24, 2.45) is 5.10 Å². The number of halogens is 2. The molecule has 3 rings (SSSR count). The van der Waals surface area contributed by atoms with Gasteiger partial charge in [0.25, 0.3) is 5.91 Å². The van der Waals surface area contributed by atoms with Gasteiger partial charge in [0, 0.05) is 13.0 Å². The van der Waals surface area contributed by atoms with Gasteiger partial charge in [-0.05, 0) is 42.0 Å². The fourth-order valence-electron chi connectivity index (χ4n) is 2.71. The third-order valence-corrected chi connectivity index (χ3v) is 4.98. The third-order valence-electron chi connectivity index (χ3n) is 4.32. The smallest absolute Gasteiger partial charge is 0.345 e. The zero-order chi connectivity index (χ0) is 23.6. The molecular formula is C24H19Cl2N3O4. The van der Waals surface area contributed by atoms with E-state index >= 15 is 0 Å². The van der Waals surface area contributed by atoms with Gasteiger partial charge < -0.3 is 10.1 Å². The predicted octanol–water partition coefficient (Wildman–Crippen LogP) is 4.48. The molecule has 3 aromatic carbocycles. The highest BCUT2D eigenvalue weighted by molar-refractivity contribution is 6.34. The Kier molecular flexibility index (Phi) is 8.57. The Labute approximate surface area is 200 Å². The molecule has 0 aromatic heterocycles. The average molecular weight is 484 g/mol. The van der Waals surface area contributed by atoms with E-state index in [4.69, 9.17) is 27.9 Å². The quantitative estimate of drug-likeness (QED) is 0.213. The summed E-state index contributed by atoms with van der Waals surface area (Å²) in [4.78, 5) is 36.3. The van der Waals surface area contributed by atoms with Gasteiger partial charge in [0.1, 0.15) is 5.75 Å². The summed E-state index contributed by atoms with van der Waals surface area (Å²) in [7, 11) is 0. The van der Waals surface area contributed by atoms with E-state index in [0.29, 0.717) is 26.9 Å². The molecule has 0 bridgehead atoms. The van der Waals surface area contributed by atoms with E-state index in [9.17, 15) is 14.4 Å². The Bertz CT molecular complexity index is 1200. The molecule has 0 aliphatic carbocycles. The van der Waals surface area contributed by atoms with E-state index in [-0.39, 0.29) is 30.3 Å². The van der Waals surface area contributed by atoms with Crippen molar-refractivity contribution in [3.05, 3.63) is 99.5 Å². The summed E-state index contributed by atoms with van der Waals surface area (Å²) >= 11 is 12.0. The summed E-state index contributed by atoms with van der Waals surface area (Å²) in [5.74, 6) is -1.02. The molecule has 9 heteroatoms. The molecule has 7 nitrogen and oxygen atoms in total. The van der Waals surface area contributed by atoms with Crippen LogP contribution in [0, 0.1) is 0 Å². The highest BCUT2D eigenvalue weighted by atomic mass is 35.5. The van der Waals surface area contributed by atoms with Crippen molar-refractivity contribution < 1.29 is 19.1 Å². The van der Waals surface area contributed by atoms with E-state index in [1.165, 1.54) is 6.21 Å². The number of ether oxygens (including phenoxy) is 1. The summed E-state index contributed by atoms with van der Waals surface area (Å²) in [6, 6.07) is 19.8. The minimum atomic E-state index is -0.582. The lowest BCUT2D eigenvalue weighted by atomic mass is 10.2. The number of hydrazone groups is 1. The number of hydrogen-bond donors (Lipinski definition) is 2. The van der Waals surface area contributed by atoms with Gasteiger partial charge in [0.2, 0.25) is 5.91 Å². The van der Waals surface area contributed by atoms with E-state index in [2.05, 4.69) is 15.8 Å². The number of nitrogens with one attached hydrogen (secondary N) is 2. The van der Waals surface area contributed by atoms with Crippen molar-refractivity contribution in [1.82, 2.24) is 10.7 Å². The highest BCUT2D eigenvalue weighted by Gasteiger charge is 2.12. The molecule has 0 spiro atoms. The maximum absolute atomic E-state index is 12.3. The van der Waals surface area contributed by atoms with Crippen LogP contribution in [0.5, 0.6) is 5.75 Å². The Hall–Kier alpha value is -3.68. The lowest BCUT2D eigenvalue weighted by molar-refractivity contribution is -0.120. The first-order valence-corrected chi connectivity index (χ1v) is 10.6. The molecule has 0 aliphatic heterocycles. The molecule has 0 saturated carbocycles. The molecule has 0 aliphatic rings. The minimum absolute atomic E-state index is 0.0308. The highest BCUT2D eigenvalue weighted by Crippen LogP contribution is 2.19. The monoisotopic (exact) mass is 483 g/mol. The number of esters is 1. The van der Waals surface area contributed by atoms with Crippen LogP contribution in [0.2, 0.25) is 10.0 Å². The van der Waals surface area contributed by atoms with Crippen molar-refractivity contribution in [3.8, 4) is 5.75 Å². The molecular weight excluding hydrogens is 465 g/mol. The van der Waals surface area contributed by atoms with Gasteiger partial charge in [-0.1, -0.05) is 59.6 Å². The van der Waals surface area contributed by atoms with Gasteiger partial charge >= 0.3 is 5.97 Å². The Balaban J connectivity index is 1.46. The van der Waals surface area contributed by atoms with Gasteiger partial charge in [-0.2, -0.15) is 5.10 Å². The van der Waals surface area contributed by atoms with Crippen molar-refractivity contribution in [1.29, 1.82) is 0 Å². The number of benzene rings is 3. The van der Waals surface area contributed by atoms with Crippen LogP contribution >= 0.6 is 23.2 Å². The first-order chi connectivity index (χ1) is 15.9. The lowest BCUT2D eigenvalue weighted by Gasteiger charge is -2.06. The molecule has 0 radical (unpaired) electrons. The molecule has 2 amide bonds. The first kappa shape index (κ1) is 24.0. The van der Waals surface area contributed by atoms with E-state index in [0.717, 1.165) is 0 Å². The van der Waals surface area contributed by atoms with Gasteiger partial charge in [0.05, 0.1) is 27.4 Å². The van der Waals surface area contributed by atoms with Crippen LogP contribution < -0.4 is 15.5 Å². The molecule has 2 N–H and O–H groups in total. The first-order valence-electron chi connectivity index (χ1n) is 9.85. The SMILES string of the molecule is O=C(CCNC(=O)c1ccccc1Cl)NN=Cc1cccc(OC(=O)c2ccccc2Cl)c1. The second-order valence-electron chi connectivity index (χ2n) is 6.72. The van der Waals surface area contributed by atoms with Crippen molar-refractivity contribution in [3.63, 3.8) is 0 Å². The normalized spacial score (nSPS) is 10.6. The Morgan fingerprint density at radius 3 is 2.24 bits per heavy atom. The van der Waals surface area contributed by atoms with Gasteiger partial charge in [0.15, 0.2) is 0 Å². The molecule has 3 aromatic rings. The van der Waals surface area contributed by atoms with Crippen LogP contribution in [0.4, 0.5) is 0 Å². The maximum atomic E-state index is 12.3. The minimum Gasteiger partial charge on any atom is -0.423 e. The predicted molar refractivity (Wildman–Crippen MR) is 127 cm³/mol. The fourth-order valence-corrected chi connectivity index (χ4v) is 3.15. The van der Waals surface area contributed by atoms with Crippen LogP contribution in [0.3, 0.4) is 0 Å². The van der Waals surface area contributed by atoms with Crippen LogP contribution in [0.1, 0.15) is 32.7 Å². The van der Waals surface area contributed by atoms with Crippen molar-refractivity contribution in [2.45, 2.75) is 6.42 Å². The standard InChI is InChI=1S/C24H19Cl2N3O4/c25-20-10-3-1-8-18(20)23(31)27-13-12-22(30)29-28-15-16-6-5-7-17(14-16)33-24(32)19-9-2-4-11-21(19)26/h1-11,14-15H,12-13H2,(H,27,31)(H,29,30). The number of carbonyl (C=O) groups is 3. The van der Waals surface area contributed by atoms with E-state index in [1.807, 2.05) is 0 Å². The Morgan fingerprint density at radius 1 is 0.879 bits per heavy atom. The summed E-state index contributed by atoms with van der Waals surface area (Å²) in [5, 5.41) is 7.15. The van der Waals surface area contributed by atoms with E-state index < -0.39 is 5.97 Å². The zero-order valence-electron chi connectivity index (χ0n) is 17.3. The third kappa shape index (κ3) is 7.17. The second kappa shape index (κ2) is 11.8. The Morgan fingerprint density at radius 2 is 1.55 bits per heavy atom. The van der Waals surface area contributed by atoms with Gasteiger partial charge in [-0.25, -0.2) is 10.2 Å². The number of hydrogen-bond acceptors (Lipinski definition) is 5. The van der Waals surface area contributed by atoms with Crippen LogP contribution in [-0.4, -0.2) is 30.5 Å². The molecule has 0 unspecified atom stereocenters. The second-order valence-corrected chi connectivity index (χ2v) is 7.54. The molecule has 168 valence electrons. The number of nitrogens with zero attached hydrogens (tertiary/aromatic N) is 1. The molecule has 0 heterocycles. The number of rotatable bonds is 8. The summed E-state index contributed by atoms with van der Waals surface area (Å²) in [6.45, 7) is 0.124. The van der Waals surface area contributed by atoms with Crippen LogP contribution in [-0.2, 0) is 4.79 Å². The molecule has 33 heavy (non-hydrogen) atoms. The number of amides is 2. The van der Waals surface area contributed by atoms with Crippen LogP contribution in [0.15, 0.2) is 77.9 Å². The summed E-state index contributed by atoms with van der Waals surface area (Å²) in [5.41, 5.74) is 3.58. The average Bonchev–Trinajstić information content (AvgIpc) is 2.80. The fraction of sp³-hybridized carbons (Fsp3) is 0.0833. The molecule has 0 fully saturated rings. The van der Waals surface area contributed by atoms with Gasteiger partial charge in [-0.3, -0.25) is 9.59 Å². The largest absolute Gasteiger partial charge is 0.423 e. The summed E-state index contributed by atoms with van der Waals surface area (Å²) in [6.07, 6.45) is 1.44. The number of carbonyl (C=O) groups excluding carboxylic acids is 3. The van der Waals surface area contributed by atoms with Crippen molar-refractivity contribution in [2.75, 3.05) is 6.54 Å². The van der Waals surface area contributed by atoms with Crippen molar-refractivity contribution >= 4 is 47.2 Å². The van der Waals surface area contributed by atoms with Crippen LogP contribution in [0.25, 0.3) is 0 Å². The maximum Gasteiger partial charge on any atom is 0.345 e. The van der Waals surface area contributed by atoms with Gasteiger partial charge in [-0.15, -0.1) is 0 Å².